The lowest BCUT2D eigenvalue weighted by Crippen LogP contribution is -2.36. The molecule has 1 aliphatic rings. The van der Waals surface area contributed by atoms with E-state index in [0.29, 0.717) is 5.92 Å². The predicted molar refractivity (Wildman–Crippen MR) is 111 cm³/mol. The van der Waals surface area contributed by atoms with Crippen LogP contribution in [0.3, 0.4) is 0 Å². The number of benzene rings is 1. The van der Waals surface area contributed by atoms with Crippen LogP contribution < -0.4 is 4.90 Å². The van der Waals surface area contributed by atoms with Gasteiger partial charge in [0.15, 0.2) is 0 Å². The fourth-order valence-electron chi connectivity index (χ4n) is 4.13. The Hall–Kier alpha value is -3.21. The van der Waals surface area contributed by atoms with Gasteiger partial charge in [-0.05, 0) is 42.7 Å². The number of imidazole rings is 1. The van der Waals surface area contributed by atoms with E-state index in [1.165, 1.54) is 10.9 Å². The molecule has 4 heterocycles. The van der Waals surface area contributed by atoms with Gasteiger partial charge in [-0.2, -0.15) is 0 Å². The summed E-state index contributed by atoms with van der Waals surface area (Å²) in [5.74, 6) is 2.64. The van der Waals surface area contributed by atoms with Gasteiger partial charge in [0, 0.05) is 49.2 Å². The molecular formula is C23H23N5. The molecule has 4 aromatic rings. The highest BCUT2D eigenvalue weighted by Gasteiger charge is 2.25. The van der Waals surface area contributed by atoms with Gasteiger partial charge in [-0.3, -0.25) is 4.98 Å². The molecule has 5 nitrogen and oxygen atoms in total. The molecule has 0 radical (unpaired) electrons. The minimum absolute atomic E-state index is 0.411. The van der Waals surface area contributed by atoms with Crippen LogP contribution in [0.2, 0.25) is 0 Å². The van der Waals surface area contributed by atoms with E-state index in [4.69, 9.17) is 9.97 Å². The monoisotopic (exact) mass is 369 g/mol. The van der Waals surface area contributed by atoms with Crippen LogP contribution >= 0.6 is 0 Å². The molecular weight excluding hydrogens is 346 g/mol. The standard InChI is InChI=1S/C23H23N5/c1-2-8-21-19(6-1)9-10-22(26-21)27-13-4-7-20(17-27)23-25-12-14-28(23)16-18-5-3-11-24-15-18/h1-3,5-6,8-12,14-15,20H,4,7,13,16-17H2/t20-/m0/s1. The van der Waals surface area contributed by atoms with E-state index in [0.717, 1.165) is 49.6 Å². The normalized spacial score (nSPS) is 17.1. The van der Waals surface area contributed by atoms with E-state index in [1.807, 2.05) is 30.7 Å². The van der Waals surface area contributed by atoms with Gasteiger partial charge in [0.1, 0.15) is 11.6 Å². The van der Waals surface area contributed by atoms with Crippen LogP contribution in [0.4, 0.5) is 5.82 Å². The number of rotatable bonds is 4. The number of para-hydroxylation sites is 1. The number of piperidine rings is 1. The smallest absolute Gasteiger partial charge is 0.129 e. The van der Waals surface area contributed by atoms with E-state index in [-0.39, 0.29) is 0 Å². The number of pyridine rings is 2. The molecule has 3 aromatic heterocycles. The van der Waals surface area contributed by atoms with E-state index in [1.54, 1.807) is 0 Å². The van der Waals surface area contributed by atoms with E-state index >= 15 is 0 Å². The highest BCUT2D eigenvalue weighted by atomic mass is 15.2. The molecule has 140 valence electrons. The Labute approximate surface area is 164 Å². The van der Waals surface area contributed by atoms with Gasteiger partial charge in [-0.25, -0.2) is 9.97 Å². The van der Waals surface area contributed by atoms with E-state index in [9.17, 15) is 0 Å². The van der Waals surface area contributed by atoms with Gasteiger partial charge in [0.25, 0.3) is 0 Å². The number of hydrogen-bond acceptors (Lipinski definition) is 4. The molecule has 0 spiro atoms. The quantitative estimate of drug-likeness (QED) is 0.539. The third-order valence-electron chi connectivity index (χ3n) is 5.52. The van der Waals surface area contributed by atoms with Crippen LogP contribution in [0.15, 0.2) is 73.3 Å². The second kappa shape index (κ2) is 7.43. The summed E-state index contributed by atoms with van der Waals surface area (Å²) >= 11 is 0. The first-order valence-electron chi connectivity index (χ1n) is 9.87. The van der Waals surface area contributed by atoms with Gasteiger partial charge in [-0.15, -0.1) is 0 Å². The molecule has 0 bridgehead atoms. The zero-order chi connectivity index (χ0) is 18.8. The van der Waals surface area contributed by atoms with Crippen molar-refractivity contribution >= 4 is 16.7 Å². The number of aromatic nitrogens is 4. The minimum atomic E-state index is 0.411. The Bertz CT molecular complexity index is 1070. The molecule has 1 aliphatic heterocycles. The molecule has 1 fully saturated rings. The number of fused-ring (bicyclic) bond motifs is 1. The highest BCUT2D eigenvalue weighted by molar-refractivity contribution is 5.80. The largest absolute Gasteiger partial charge is 0.356 e. The summed E-state index contributed by atoms with van der Waals surface area (Å²) in [6, 6.07) is 16.7. The summed E-state index contributed by atoms with van der Waals surface area (Å²) in [4.78, 5) is 16.2. The lowest BCUT2D eigenvalue weighted by Gasteiger charge is -2.33. The lowest BCUT2D eigenvalue weighted by atomic mass is 9.97. The summed E-state index contributed by atoms with van der Waals surface area (Å²) in [5.41, 5.74) is 2.26. The second-order valence-electron chi connectivity index (χ2n) is 7.42. The third kappa shape index (κ3) is 3.36. The zero-order valence-corrected chi connectivity index (χ0v) is 15.8. The minimum Gasteiger partial charge on any atom is -0.356 e. The maximum absolute atomic E-state index is 4.90. The lowest BCUT2D eigenvalue weighted by molar-refractivity contribution is 0.474. The molecule has 1 aromatic carbocycles. The summed E-state index contributed by atoms with van der Waals surface area (Å²) < 4.78 is 2.26. The summed E-state index contributed by atoms with van der Waals surface area (Å²) in [5, 5.41) is 1.19. The molecule has 28 heavy (non-hydrogen) atoms. The van der Waals surface area contributed by atoms with Crippen LogP contribution in [-0.4, -0.2) is 32.6 Å². The van der Waals surface area contributed by atoms with Crippen LogP contribution in [-0.2, 0) is 6.54 Å². The fraction of sp³-hybridized carbons (Fsp3) is 0.261. The first kappa shape index (κ1) is 16.9. The molecule has 0 saturated carbocycles. The summed E-state index contributed by atoms with van der Waals surface area (Å²) in [6.45, 7) is 2.81. The van der Waals surface area contributed by atoms with Crippen molar-refractivity contribution in [3.63, 3.8) is 0 Å². The first-order chi connectivity index (χ1) is 13.9. The number of hydrogen-bond donors (Lipinski definition) is 0. The van der Waals surface area contributed by atoms with Gasteiger partial charge in [-0.1, -0.05) is 24.3 Å². The molecule has 0 aliphatic carbocycles. The van der Waals surface area contributed by atoms with Crippen LogP contribution in [0.1, 0.15) is 30.1 Å². The van der Waals surface area contributed by atoms with Gasteiger partial charge >= 0.3 is 0 Å². The topological polar surface area (TPSA) is 46.8 Å². The van der Waals surface area contributed by atoms with E-state index in [2.05, 4.69) is 57.0 Å². The van der Waals surface area contributed by atoms with Crippen LogP contribution in [0.5, 0.6) is 0 Å². The van der Waals surface area contributed by atoms with Crippen LogP contribution in [0.25, 0.3) is 10.9 Å². The Morgan fingerprint density at radius 2 is 1.96 bits per heavy atom. The van der Waals surface area contributed by atoms with E-state index < -0.39 is 0 Å². The molecule has 0 unspecified atom stereocenters. The SMILES string of the molecule is c1cncc(Cn2ccnc2[C@H]2CCCN(c3ccc4ccccc4n3)C2)c1. The first-order valence-corrected chi connectivity index (χ1v) is 9.87. The van der Waals surface area contributed by atoms with Crippen molar-refractivity contribution in [2.45, 2.75) is 25.3 Å². The molecule has 0 amide bonds. The van der Waals surface area contributed by atoms with Crippen molar-refractivity contribution in [2.75, 3.05) is 18.0 Å². The van der Waals surface area contributed by atoms with Gasteiger partial charge < -0.3 is 9.47 Å². The zero-order valence-electron chi connectivity index (χ0n) is 15.8. The Morgan fingerprint density at radius 1 is 1.00 bits per heavy atom. The average Bonchev–Trinajstić information content (AvgIpc) is 3.22. The Morgan fingerprint density at radius 3 is 2.89 bits per heavy atom. The second-order valence-corrected chi connectivity index (χ2v) is 7.42. The van der Waals surface area contributed by atoms with Crippen LogP contribution in [0, 0.1) is 0 Å². The predicted octanol–water partition coefficient (Wildman–Crippen LogP) is 4.26. The van der Waals surface area contributed by atoms with Gasteiger partial charge in [0.2, 0.25) is 0 Å². The number of anilines is 1. The highest BCUT2D eigenvalue weighted by Crippen LogP contribution is 2.29. The molecule has 5 rings (SSSR count). The van der Waals surface area contributed by atoms with Crippen molar-refractivity contribution in [3.8, 4) is 0 Å². The summed E-state index contributed by atoms with van der Waals surface area (Å²) in [6.07, 6.45) is 10.0. The van der Waals surface area contributed by atoms with Crippen molar-refractivity contribution in [3.05, 3.63) is 84.7 Å². The maximum atomic E-state index is 4.90. The molecule has 5 heteroatoms. The van der Waals surface area contributed by atoms with Crippen molar-refractivity contribution in [1.82, 2.24) is 19.5 Å². The Balaban J connectivity index is 1.38. The van der Waals surface area contributed by atoms with Crippen molar-refractivity contribution in [1.29, 1.82) is 0 Å². The number of nitrogens with zero attached hydrogens (tertiary/aromatic N) is 5. The maximum Gasteiger partial charge on any atom is 0.129 e. The Kier molecular flexibility index (Phi) is 4.49. The third-order valence-corrected chi connectivity index (χ3v) is 5.52. The fourth-order valence-corrected chi connectivity index (χ4v) is 4.13. The van der Waals surface area contributed by atoms with Crippen molar-refractivity contribution in [2.24, 2.45) is 0 Å². The van der Waals surface area contributed by atoms with Crippen molar-refractivity contribution < 1.29 is 0 Å². The molecule has 1 saturated heterocycles. The molecule has 0 N–H and O–H groups in total. The molecule has 1 atom stereocenters. The average molecular weight is 369 g/mol. The van der Waals surface area contributed by atoms with Gasteiger partial charge in [0.05, 0.1) is 12.1 Å². The summed E-state index contributed by atoms with van der Waals surface area (Å²) in [7, 11) is 0.